The van der Waals surface area contributed by atoms with Crippen molar-refractivity contribution in [3.8, 4) is 5.75 Å². The minimum Gasteiger partial charge on any atom is -0.485 e. The number of hydrogen-bond acceptors (Lipinski definition) is 4. The van der Waals surface area contributed by atoms with Gasteiger partial charge in [0.2, 0.25) is 0 Å². The molecule has 0 saturated heterocycles. The van der Waals surface area contributed by atoms with Crippen molar-refractivity contribution in [2.45, 2.75) is 32.0 Å². The molecule has 0 amide bonds. The highest BCUT2D eigenvalue weighted by molar-refractivity contribution is 9.10. The number of aromatic nitrogens is 1. The van der Waals surface area contributed by atoms with Crippen molar-refractivity contribution < 1.29 is 4.74 Å². The van der Waals surface area contributed by atoms with Gasteiger partial charge in [-0.05, 0) is 46.5 Å². The van der Waals surface area contributed by atoms with Crippen LogP contribution >= 0.6 is 27.3 Å². The van der Waals surface area contributed by atoms with Crippen molar-refractivity contribution in [3.05, 3.63) is 44.8 Å². The molecule has 0 aliphatic heterocycles. The van der Waals surface area contributed by atoms with Crippen LogP contribution in [0.3, 0.4) is 0 Å². The summed E-state index contributed by atoms with van der Waals surface area (Å²) >= 11 is 5.17. The molecule has 0 radical (unpaired) electrons. The van der Waals surface area contributed by atoms with E-state index in [1.54, 1.807) is 17.5 Å². The summed E-state index contributed by atoms with van der Waals surface area (Å²) in [5.41, 5.74) is 1.28. The monoisotopic (exact) mass is 338 g/mol. The largest absolute Gasteiger partial charge is 0.485 e. The second-order valence-corrected chi connectivity index (χ2v) is 6.47. The molecule has 1 fully saturated rings. The van der Waals surface area contributed by atoms with Crippen molar-refractivity contribution in [2.75, 3.05) is 0 Å². The van der Waals surface area contributed by atoms with Crippen molar-refractivity contribution in [1.29, 1.82) is 0 Å². The molecule has 0 atom stereocenters. The molecule has 1 N–H and O–H groups in total. The molecular formula is C14H15BrN2OS. The smallest absolute Gasteiger partial charge is 0.140 e. The fraction of sp³-hybridized carbons (Fsp3) is 0.357. The Balaban J connectivity index is 1.58. The number of hydrogen-bond donors (Lipinski definition) is 1. The van der Waals surface area contributed by atoms with Gasteiger partial charge in [0.1, 0.15) is 17.4 Å². The predicted octanol–water partition coefficient (Wildman–Crippen LogP) is 3.74. The molecule has 0 spiro atoms. The maximum Gasteiger partial charge on any atom is 0.140 e. The van der Waals surface area contributed by atoms with E-state index in [9.17, 15) is 0 Å². The topological polar surface area (TPSA) is 34.1 Å². The normalized spacial score (nSPS) is 14.6. The molecule has 1 saturated carbocycles. The van der Waals surface area contributed by atoms with E-state index in [0.717, 1.165) is 27.8 Å². The van der Waals surface area contributed by atoms with Crippen LogP contribution in [0.2, 0.25) is 0 Å². The molecule has 1 aromatic carbocycles. The SMILES string of the molecule is Brc1cc(CNC2CC2)ccc1OCc1nccs1. The molecular weight excluding hydrogens is 324 g/mol. The average molecular weight is 339 g/mol. The van der Waals surface area contributed by atoms with Crippen LogP contribution in [0.15, 0.2) is 34.2 Å². The highest BCUT2D eigenvalue weighted by atomic mass is 79.9. The zero-order valence-corrected chi connectivity index (χ0v) is 12.8. The number of benzene rings is 1. The summed E-state index contributed by atoms with van der Waals surface area (Å²) in [5.74, 6) is 0.866. The van der Waals surface area contributed by atoms with Gasteiger partial charge in [0, 0.05) is 24.2 Å². The number of thiazole rings is 1. The van der Waals surface area contributed by atoms with Gasteiger partial charge in [-0.3, -0.25) is 0 Å². The van der Waals surface area contributed by atoms with Crippen molar-refractivity contribution >= 4 is 27.3 Å². The molecule has 1 aliphatic rings. The fourth-order valence-corrected chi connectivity index (χ4v) is 2.85. The molecule has 3 nitrogen and oxygen atoms in total. The molecule has 1 heterocycles. The van der Waals surface area contributed by atoms with E-state index in [4.69, 9.17) is 4.74 Å². The Kier molecular flexibility index (Phi) is 4.15. The first kappa shape index (κ1) is 13.1. The number of nitrogens with zero attached hydrogens (tertiary/aromatic N) is 1. The van der Waals surface area contributed by atoms with Crippen LogP contribution in [0.25, 0.3) is 0 Å². The third kappa shape index (κ3) is 3.78. The number of rotatable bonds is 6. The predicted molar refractivity (Wildman–Crippen MR) is 80.4 cm³/mol. The Hall–Kier alpha value is -0.910. The van der Waals surface area contributed by atoms with Crippen LogP contribution in [0.4, 0.5) is 0 Å². The summed E-state index contributed by atoms with van der Waals surface area (Å²) in [4.78, 5) is 4.20. The maximum absolute atomic E-state index is 5.75. The standard InChI is InChI=1S/C14H15BrN2OS/c15-12-7-10(8-17-11-2-3-11)1-4-13(12)18-9-14-16-5-6-19-14/h1,4-7,11,17H,2-3,8-9H2. The van der Waals surface area contributed by atoms with E-state index < -0.39 is 0 Å². The first-order chi connectivity index (χ1) is 9.31. The van der Waals surface area contributed by atoms with E-state index in [0.29, 0.717) is 6.61 Å². The molecule has 2 aromatic rings. The van der Waals surface area contributed by atoms with Gasteiger partial charge in [-0.2, -0.15) is 0 Å². The molecule has 1 aliphatic carbocycles. The summed E-state index contributed by atoms with van der Waals surface area (Å²) in [7, 11) is 0. The van der Waals surface area contributed by atoms with Gasteiger partial charge in [0.05, 0.1) is 4.47 Å². The number of ether oxygens (including phenoxy) is 1. The van der Waals surface area contributed by atoms with Crippen LogP contribution in [0, 0.1) is 0 Å². The summed E-state index contributed by atoms with van der Waals surface area (Å²) < 4.78 is 6.75. The summed E-state index contributed by atoms with van der Waals surface area (Å²) in [5, 5.41) is 6.45. The number of nitrogens with one attached hydrogen (secondary N) is 1. The fourth-order valence-electron chi connectivity index (χ4n) is 1.78. The molecule has 1 aromatic heterocycles. The second-order valence-electron chi connectivity index (χ2n) is 4.63. The maximum atomic E-state index is 5.75. The molecule has 5 heteroatoms. The molecule has 0 unspecified atom stereocenters. The lowest BCUT2D eigenvalue weighted by atomic mass is 10.2. The van der Waals surface area contributed by atoms with E-state index in [1.165, 1.54) is 18.4 Å². The zero-order chi connectivity index (χ0) is 13.1. The Bertz CT molecular complexity index is 540. The van der Waals surface area contributed by atoms with Gasteiger partial charge in [-0.25, -0.2) is 4.98 Å². The van der Waals surface area contributed by atoms with Gasteiger partial charge >= 0.3 is 0 Å². The Morgan fingerprint density at radius 3 is 3.00 bits per heavy atom. The number of halogens is 1. The third-order valence-corrected chi connectivity index (χ3v) is 4.38. The Morgan fingerprint density at radius 1 is 1.42 bits per heavy atom. The summed E-state index contributed by atoms with van der Waals surface area (Å²) in [6.07, 6.45) is 4.43. The Morgan fingerprint density at radius 2 is 2.32 bits per heavy atom. The van der Waals surface area contributed by atoms with Crippen LogP contribution in [-0.4, -0.2) is 11.0 Å². The first-order valence-corrected chi connectivity index (χ1v) is 8.01. The minimum absolute atomic E-state index is 0.524. The van der Waals surface area contributed by atoms with Gasteiger partial charge in [0.15, 0.2) is 0 Å². The van der Waals surface area contributed by atoms with Crippen molar-refractivity contribution in [3.63, 3.8) is 0 Å². The third-order valence-electron chi connectivity index (χ3n) is 3.00. The van der Waals surface area contributed by atoms with E-state index >= 15 is 0 Å². The lowest BCUT2D eigenvalue weighted by Crippen LogP contribution is -2.15. The van der Waals surface area contributed by atoms with E-state index in [2.05, 4.69) is 38.4 Å². The molecule has 3 rings (SSSR count). The highest BCUT2D eigenvalue weighted by Crippen LogP contribution is 2.27. The van der Waals surface area contributed by atoms with Crippen LogP contribution in [-0.2, 0) is 13.2 Å². The van der Waals surface area contributed by atoms with E-state index in [1.807, 2.05) is 11.4 Å². The van der Waals surface area contributed by atoms with Crippen LogP contribution < -0.4 is 10.1 Å². The average Bonchev–Trinajstić information content (AvgIpc) is 3.10. The van der Waals surface area contributed by atoms with Gasteiger partial charge in [0.25, 0.3) is 0 Å². The first-order valence-electron chi connectivity index (χ1n) is 6.34. The van der Waals surface area contributed by atoms with Gasteiger partial charge in [-0.15, -0.1) is 11.3 Å². The Labute approximate surface area is 125 Å². The molecule has 0 bridgehead atoms. The summed E-state index contributed by atoms with van der Waals surface area (Å²) in [6.45, 7) is 1.45. The van der Waals surface area contributed by atoms with Crippen molar-refractivity contribution in [1.82, 2.24) is 10.3 Å². The second kappa shape index (κ2) is 6.03. The van der Waals surface area contributed by atoms with Gasteiger partial charge in [-0.1, -0.05) is 6.07 Å². The van der Waals surface area contributed by atoms with E-state index in [-0.39, 0.29) is 0 Å². The molecule has 100 valence electrons. The lowest BCUT2D eigenvalue weighted by Gasteiger charge is -2.09. The van der Waals surface area contributed by atoms with Crippen LogP contribution in [0.5, 0.6) is 5.75 Å². The minimum atomic E-state index is 0.524. The van der Waals surface area contributed by atoms with Crippen molar-refractivity contribution in [2.24, 2.45) is 0 Å². The summed E-state index contributed by atoms with van der Waals surface area (Å²) in [6, 6.07) is 6.98. The van der Waals surface area contributed by atoms with Crippen LogP contribution in [0.1, 0.15) is 23.4 Å². The van der Waals surface area contributed by atoms with Gasteiger partial charge < -0.3 is 10.1 Å². The lowest BCUT2D eigenvalue weighted by molar-refractivity contribution is 0.303. The molecule has 19 heavy (non-hydrogen) atoms. The quantitative estimate of drug-likeness (QED) is 0.871. The zero-order valence-electron chi connectivity index (χ0n) is 10.4. The highest BCUT2D eigenvalue weighted by Gasteiger charge is 2.20.